The van der Waals surface area contributed by atoms with E-state index in [1.165, 1.54) is 0 Å². The summed E-state index contributed by atoms with van der Waals surface area (Å²) in [5.74, 6) is 0.113. The topological polar surface area (TPSA) is 45.6 Å². The lowest BCUT2D eigenvalue weighted by atomic mass is 10.2. The quantitative estimate of drug-likeness (QED) is 0.827. The third-order valence-corrected chi connectivity index (χ3v) is 3.87. The third kappa shape index (κ3) is 3.00. The molecule has 0 N–H and O–H groups in total. The molecule has 5 nitrogen and oxygen atoms in total. The summed E-state index contributed by atoms with van der Waals surface area (Å²) >= 11 is 3.40. The van der Waals surface area contributed by atoms with Gasteiger partial charge in [-0.05, 0) is 28.9 Å². The number of piperazine rings is 1. The van der Waals surface area contributed by atoms with Gasteiger partial charge in [-0.1, -0.05) is 0 Å². The third-order valence-electron chi connectivity index (χ3n) is 3.44. The first-order valence-electron chi connectivity index (χ1n) is 6.43. The molecule has 0 radical (unpaired) electrons. The van der Waals surface area contributed by atoms with Gasteiger partial charge in [-0.3, -0.25) is 9.59 Å². The smallest absolute Gasteiger partial charge is 0.270 e. The summed E-state index contributed by atoms with van der Waals surface area (Å²) in [4.78, 5) is 27.3. The van der Waals surface area contributed by atoms with Crippen LogP contribution in [0.25, 0.3) is 0 Å². The van der Waals surface area contributed by atoms with Gasteiger partial charge in [-0.15, -0.1) is 0 Å². The van der Waals surface area contributed by atoms with E-state index >= 15 is 0 Å². The summed E-state index contributed by atoms with van der Waals surface area (Å²) in [7, 11) is 0. The number of nitrogens with zero attached hydrogens (tertiary/aromatic N) is 3. The van der Waals surface area contributed by atoms with Crippen LogP contribution in [-0.2, 0) is 11.3 Å². The summed E-state index contributed by atoms with van der Waals surface area (Å²) in [6.45, 7) is 6.79. The van der Waals surface area contributed by atoms with Gasteiger partial charge in [0.15, 0.2) is 0 Å². The van der Waals surface area contributed by atoms with E-state index in [9.17, 15) is 9.59 Å². The zero-order valence-electron chi connectivity index (χ0n) is 11.2. The molecule has 2 heterocycles. The number of aryl methyl sites for hydroxylation is 1. The van der Waals surface area contributed by atoms with Gasteiger partial charge in [-0.25, -0.2) is 0 Å². The molecule has 1 saturated heterocycles. The van der Waals surface area contributed by atoms with Crippen molar-refractivity contribution in [2.45, 2.75) is 20.4 Å². The molecule has 19 heavy (non-hydrogen) atoms. The fourth-order valence-corrected chi connectivity index (χ4v) is 2.77. The average Bonchev–Trinajstić information content (AvgIpc) is 2.79. The van der Waals surface area contributed by atoms with E-state index in [2.05, 4.69) is 15.9 Å². The minimum atomic E-state index is 0.0377. The molecule has 1 aliphatic heterocycles. The van der Waals surface area contributed by atoms with Crippen molar-refractivity contribution in [3.05, 3.63) is 22.4 Å². The Bertz CT molecular complexity index is 490. The van der Waals surface area contributed by atoms with E-state index in [1.807, 2.05) is 28.7 Å². The van der Waals surface area contributed by atoms with Gasteiger partial charge in [0.2, 0.25) is 5.91 Å². The first-order valence-corrected chi connectivity index (χ1v) is 7.22. The van der Waals surface area contributed by atoms with Gasteiger partial charge < -0.3 is 14.4 Å². The zero-order valence-corrected chi connectivity index (χ0v) is 12.8. The van der Waals surface area contributed by atoms with Gasteiger partial charge in [-0.2, -0.15) is 0 Å². The highest BCUT2D eigenvalue weighted by Crippen LogP contribution is 2.17. The standard InChI is InChI=1S/C13H18BrN3O2/c1-3-15-9-11(14)8-12(15)13(19)17-6-4-16(5-7-17)10(2)18/h8-9H,3-7H2,1-2H3. The van der Waals surface area contributed by atoms with E-state index in [1.54, 1.807) is 11.8 Å². The predicted octanol–water partition coefficient (Wildman–Crippen LogP) is 1.57. The number of halogens is 1. The van der Waals surface area contributed by atoms with Gasteiger partial charge in [0.05, 0.1) is 0 Å². The van der Waals surface area contributed by atoms with Gasteiger partial charge in [0, 0.05) is 50.3 Å². The van der Waals surface area contributed by atoms with E-state index in [0.717, 1.165) is 11.0 Å². The first-order chi connectivity index (χ1) is 9.02. The Morgan fingerprint density at radius 3 is 2.32 bits per heavy atom. The number of carbonyl (C=O) groups is 2. The first kappa shape index (κ1) is 14.1. The molecule has 0 atom stereocenters. The lowest BCUT2D eigenvalue weighted by Crippen LogP contribution is -2.50. The molecule has 2 rings (SSSR count). The molecule has 1 aliphatic rings. The van der Waals surface area contributed by atoms with E-state index in [-0.39, 0.29) is 11.8 Å². The van der Waals surface area contributed by atoms with Crippen LogP contribution in [0.5, 0.6) is 0 Å². The van der Waals surface area contributed by atoms with Crippen molar-refractivity contribution in [2.24, 2.45) is 0 Å². The van der Waals surface area contributed by atoms with Crippen LogP contribution < -0.4 is 0 Å². The van der Waals surface area contributed by atoms with Crippen LogP contribution in [0.15, 0.2) is 16.7 Å². The van der Waals surface area contributed by atoms with Crippen molar-refractivity contribution in [2.75, 3.05) is 26.2 Å². The molecule has 0 aromatic carbocycles. The molecule has 6 heteroatoms. The Balaban J connectivity index is 2.07. The monoisotopic (exact) mass is 327 g/mol. The Morgan fingerprint density at radius 2 is 1.79 bits per heavy atom. The Labute approximate surface area is 121 Å². The number of rotatable bonds is 2. The fourth-order valence-electron chi connectivity index (χ4n) is 2.30. The van der Waals surface area contributed by atoms with Crippen molar-refractivity contribution in [3.63, 3.8) is 0 Å². The molecule has 0 unspecified atom stereocenters. The largest absolute Gasteiger partial charge is 0.343 e. The van der Waals surface area contributed by atoms with Crippen LogP contribution in [0.4, 0.5) is 0 Å². The summed E-state index contributed by atoms with van der Waals surface area (Å²) in [5, 5.41) is 0. The zero-order chi connectivity index (χ0) is 14.0. The van der Waals surface area contributed by atoms with Crippen LogP contribution in [0.1, 0.15) is 24.3 Å². The van der Waals surface area contributed by atoms with Crippen molar-refractivity contribution in [1.29, 1.82) is 0 Å². The molecular weight excluding hydrogens is 310 g/mol. The number of hydrogen-bond donors (Lipinski definition) is 0. The van der Waals surface area contributed by atoms with E-state index in [4.69, 9.17) is 0 Å². The maximum absolute atomic E-state index is 12.5. The van der Waals surface area contributed by atoms with Gasteiger partial charge in [0.1, 0.15) is 5.69 Å². The second kappa shape index (κ2) is 5.77. The Hall–Kier alpha value is -1.30. The van der Waals surface area contributed by atoms with E-state index in [0.29, 0.717) is 31.9 Å². The second-order valence-electron chi connectivity index (χ2n) is 4.63. The van der Waals surface area contributed by atoms with Crippen molar-refractivity contribution in [3.8, 4) is 0 Å². The molecule has 0 bridgehead atoms. The van der Waals surface area contributed by atoms with Gasteiger partial charge >= 0.3 is 0 Å². The van der Waals surface area contributed by atoms with E-state index < -0.39 is 0 Å². The average molecular weight is 328 g/mol. The number of aromatic nitrogens is 1. The number of amides is 2. The summed E-state index contributed by atoms with van der Waals surface area (Å²) < 4.78 is 2.85. The maximum Gasteiger partial charge on any atom is 0.270 e. The van der Waals surface area contributed by atoms with Gasteiger partial charge in [0.25, 0.3) is 5.91 Å². The molecule has 1 aromatic rings. The molecule has 0 spiro atoms. The predicted molar refractivity (Wildman–Crippen MR) is 76.0 cm³/mol. The highest BCUT2D eigenvalue weighted by Gasteiger charge is 2.25. The number of carbonyl (C=O) groups excluding carboxylic acids is 2. The Morgan fingerprint density at radius 1 is 1.21 bits per heavy atom. The molecular formula is C13H18BrN3O2. The van der Waals surface area contributed by atoms with Crippen molar-refractivity contribution < 1.29 is 9.59 Å². The highest BCUT2D eigenvalue weighted by atomic mass is 79.9. The molecule has 1 aromatic heterocycles. The van der Waals surface area contributed by atoms with Crippen LogP contribution in [0.2, 0.25) is 0 Å². The molecule has 0 aliphatic carbocycles. The fraction of sp³-hybridized carbons (Fsp3) is 0.538. The van der Waals surface area contributed by atoms with Crippen LogP contribution in [-0.4, -0.2) is 52.4 Å². The number of hydrogen-bond acceptors (Lipinski definition) is 2. The SMILES string of the molecule is CCn1cc(Br)cc1C(=O)N1CCN(C(C)=O)CC1. The second-order valence-corrected chi connectivity index (χ2v) is 5.54. The molecule has 1 fully saturated rings. The minimum Gasteiger partial charge on any atom is -0.343 e. The van der Waals surface area contributed by atoms with Crippen LogP contribution in [0.3, 0.4) is 0 Å². The lowest BCUT2D eigenvalue weighted by molar-refractivity contribution is -0.130. The molecule has 0 saturated carbocycles. The highest BCUT2D eigenvalue weighted by molar-refractivity contribution is 9.10. The molecule has 2 amide bonds. The Kier molecular flexibility index (Phi) is 4.29. The van der Waals surface area contributed by atoms with Crippen molar-refractivity contribution in [1.82, 2.24) is 14.4 Å². The summed E-state index contributed by atoms with van der Waals surface area (Å²) in [5.41, 5.74) is 0.700. The normalized spacial score (nSPS) is 15.7. The molecule has 104 valence electrons. The summed E-state index contributed by atoms with van der Waals surface area (Å²) in [6, 6.07) is 1.85. The minimum absolute atomic E-state index is 0.0377. The summed E-state index contributed by atoms with van der Waals surface area (Å²) in [6.07, 6.45) is 1.92. The van der Waals surface area contributed by atoms with Crippen LogP contribution in [0, 0.1) is 0 Å². The maximum atomic E-state index is 12.5. The van der Waals surface area contributed by atoms with Crippen LogP contribution >= 0.6 is 15.9 Å². The lowest BCUT2D eigenvalue weighted by Gasteiger charge is -2.34. The van der Waals surface area contributed by atoms with Crippen molar-refractivity contribution >= 4 is 27.7 Å².